The molecule has 3 aromatic carbocycles. The Hall–Kier alpha value is -4.68. The van der Waals surface area contributed by atoms with Gasteiger partial charge in [0.2, 0.25) is 5.91 Å². The van der Waals surface area contributed by atoms with Crippen molar-refractivity contribution in [2.24, 2.45) is 0 Å². The highest BCUT2D eigenvalue weighted by atomic mass is 16.6. The maximum Gasteiger partial charge on any atom is 0.408 e. The fourth-order valence-corrected chi connectivity index (χ4v) is 4.55. The molecule has 42 heavy (non-hydrogen) atoms. The fourth-order valence-electron chi connectivity index (χ4n) is 4.55. The molecule has 2 amide bonds. The summed E-state index contributed by atoms with van der Waals surface area (Å²) in [7, 11) is 1.60. The van der Waals surface area contributed by atoms with Crippen LogP contribution in [0.1, 0.15) is 76.1 Å². The fraction of sp³-hybridized carbons (Fsp3) is 0.333. The Morgan fingerprint density at radius 1 is 0.857 bits per heavy atom. The van der Waals surface area contributed by atoms with Crippen molar-refractivity contribution in [3.8, 4) is 52.7 Å². The normalized spacial score (nSPS) is 11.5. The van der Waals surface area contributed by atoms with Crippen LogP contribution in [-0.4, -0.2) is 31.3 Å². The number of nitrogens with one attached hydrogen (secondary N) is 2. The second-order valence-corrected chi connectivity index (χ2v) is 11.0. The zero-order valence-electron chi connectivity index (χ0n) is 25.2. The number of methoxy groups -OCH3 is 1. The molecule has 6 nitrogen and oxygen atoms in total. The van der Waals surface area contributed by atoms with E-state index in [4.69, 9.17) is 22.3 Å². The Balaban J connectivity index is 2.17. The lowest BCUT2D eigenvalue weighted by molar-refractivity contribution is -0.123. The summed E-state index contributed by atoms with van der Waals surface area (Å²) < 4.78 is 11.5. The van der Waals surface area contributed by atoms with Crippen LogP contribution in [-0.2, 0) is 9.53 Å². The highest BCUT2D eigenvalue weighted by Crippen LogP contribution is 2.41. The van der Waals surface area contributed by atoms with Crippen LogP contribution in [0.25, 0.3) is 22.3 Å². The Morgan fingerprint density at radius 2 is 1.38 bits per heavy atom. The summed E-state index contributed by atoms with van der Waals surface area (Å²) in [5, 5.41) is 5.81. The van der Waals surface area contributed by atoms with Gasteiger partial charge in [0.15, 0.2) is 0 Å². The zero-order valence-corrected chi connectivity index (χ0v) is 25.2. The van der Waals surface area contributed by atoms with Crippen molar-refractivity contribution in [3.05, 3.63) is 77.4 Å². The Labute approximate surface area is 250 Å². The van der Waals surface area contributed by atoms with E-state index >= 15 is 0 Å². The molecule has 0 bridgehead atoms. The van der Waals surface area contributed by atoms with Crippen molar-refractivity contribution < 1.29 is 19.1 Å². The van der Waals surface area contributed by atoms with E-state index in [1.807, 2.05) is 60.7 Å². The lowest BCUT2D eigenvalue weighted by Crippen LogP contribution is -2.42. The molecule has 1 unspecified atom stereocenters. The second-order valence-electron chi connectivity index (χ2n) is 11.0. The molecule has 2 N–H and O–H groups in total. The molecule has 0 saturated carbocycles. The molecule has 0 fully saturated rings. The Morgan fingerprint density at radius 3 is 1.81 bits per heavy atom. The van der Waals surface area contributed by atoms with Crippen LogP contribution >= 0.6 is 0 Å². The first-order valence-electron chi connectivity index (χ1n) is 14.2. The summed E-state index contributed by atoms with van der Waals surface area (Å²) in [5.74, 6) is 5.55. The number of hydrogen-bond donors (Lipinski definition) is 2. The summed E-state index contributed by atoms with van der Waals surface area (Å²) in [6.45, 7) is 7.97. The molecule has 0 aliphatic rings. The van der Waals surface area contributed by atoms with Crippen molar-refractivity contribution in [1.82, 2.24) is 10.6 Å². The minimum absolute atomic E-state index is 0.329. The molecule has 0 aliphatic heterocycles. The number of hydrogen-bond acceptors (Lipinski definition) is 4. The van der Waals surface area contributed by atoms with E-state index in [9.17, 15) is 9.59 Å². The minimum Gasteiger partial charge on any atom is -0.495 e. The predicted molar refractivity (Wildman–Crippen MR) is 169 cm³/mol. The third kappa shape index (κ3) is 8.66. The van der Waals surface area contributed by atoms with Gasteiger partial charge in [0, 0.05) is 28.8 Å². The molecule has 0 aromatic heterocycles. The number of carbonyl (C=O) groups excluding carboxylic acids is 2. The molecule has 218 valence electrons. The largest absolute Gasteiger partial charge is 0.495 e. The number of rotatable bonds is 11. The number of terminal acetylenes is 2. The van der Waals surface area contributed by atoms with Gasteiger partial charge in [0.05, 0.1) is 7.11 Å². The highest BCUT2D eigenvalue weighted by Gasteiger charge is 2.28. The second kappa shape index (κ2) is 14.8. The first kappa shape index (κ1) is 31.8. The van der Waals surface area contributed by atoms with Crippen LogP contribution in [0.5, 0.6) is 5.75 Å². The van der Waals surface area contributed by atoms with Gasteiger partial charge in [-0.05, 0) is 80.3 Å². The number of alkyl carbamates (subject to hydrolysis) is 1. The van der Waals surface area contributed by atoms with Crippen molar-refractivity contribution in [1.29, 1.82) is 0 Å². The van der Waals surface area contributed by atoms with Crippen LogP contribution in [0.2, 0.25) is 0 Å². The molecule has 0 heterocycles. The lowest BCUT2D eigenvalue weighted by atomic mass is 9.91. The number of amides is 2. The van der Waals surface area contributed by atoms with E-state index in [1.54, 1.807) is 27.9 Å². The molecular formula is C36H40N2O4. The quantitative estimate of drug-likeness (QED) is 0.190. The van der Waals surface area contributed by atoms with E-state index in [1.165, 1.54) is 0 Å². The molecule has 0 saturated heterocycles. The van der Waals surface area contributed by atoms with Crippen molar-refractivity contribution >= 4 is 12.0 Å². The Bertz CT molecular complexity index is 1370. The van der Waals surface area contributed by atoms with Gasteiger partial charge in [-0.2, -0.15) is 0 Å². The number of unbranched alkanes of at least 4 members (excludes halogenated alkanes) is 3. The van der Waals surface area contributed by atoms with Gasteiger partial charge in [-0.25, -0.2) is 4.79 Å². The van der Waals surface area contributed by atoms with Gasteiger partial charge in [0.1, 0.15) is 17.4 Å². The first-order valence-corrected chi connectivity index (χ1v) is 14.2. The topological polar surface area (TPSA) is 76.7 Å². The molecule has 0 radical (unpaired) electrons. The van der Waals surface area contributed by atoms with Crippen LogP contribution in [0.3, 0.4) is 0 Å². The van der Waals surface area contributed by atoms with Crippen molar-refractivity contribution in [2.75, 3.05) is 13.7 Å². The molecule has 1 atom stereocenters. The van der Waals surface area contributed by atoms with Gasteiger partial charge < -0.3 is 20.1 Å². The monoisotopic (exact) mass is 564 g/mol. The van der Waals surface area contributed by atoms with Gasteiger partial charge in [-0.3, -0.25) is 4.79 Å². The van der Waals surface area contributed by atoms with E-state index in [-0.39, 0.29) is 5.91 Å². The van der Waals surface area contributed by atoms with Crippen LogP contribution < -0.4 is 15.4 Å². The number of ether oxygens (including phenoxy) is 2. The van der Waals surface area contributed by atoms with E-state index in [2.05, 4.69) is 29.4 Å². The summed E-state index contributed by atoms with van der Waals surface area (Å²) in [6.07, 6.45) is 14.5. The van der Waals surface area contributed by atoms with Crippen LogP contribution in [0, 0.1) is 24.7 Å². The summed E-state index contributed by atoms with van der Waals surface area (Å²) in [6, 6.07) is 17.7. The average Bonchev–Trinajstić information content (AvgIpc) is 2.98. The number of carbonyl (C=O) groups is 2. The first-order chi connectivity index (χ1) is 20.1. The number of benzene rings is 3. The average molecular weight is 565 g/mol. The van der Waals surface area contributed by atoms with E-state index < -0.39 is 17.7 Å². The maximum absolute atomic E-state index is 13.6. The Kier molecular flexibility index (Phi) is 11.2. The maximum atomic E-state index is 13.6. The smallest absolute Gasteiger partial charge is 0.408 e. The van der Waals surface area contributed by atoms with Gasteiger partial charge >= 0.3 is 6.09 Å². The van der Waals surface area contributed by atoms with Crippen LogP contribution in [0.4, 0.5) is 4.79 Å². The van der Waals surface area contributed by atoms with Gasteiger partial charge in [-0.1, -0.05) is 62.3 Å². The summed E-state index contributed by atoms with van der Waals surface area (Å²) in [5.41, 5.74) is 4.47. The predicted octanol–water partition coefficient (Wildman–Crippen LogP) is 7.25. The SMILES string of the molecule is C#Cc1ccc(-c2cc(C(NC(=O)OC(C)(C)C)C(=O)NCCCCCC)cc(-c3ccc(C#C)cc3)c2OC)cc1. The lowest BCUT2D eigenvalue weighted by Gasteiger charge is -2.25. The zero-order chi connectivity index (χ0) is 30.7. The molecule has 0 aliphatic carbocycles. The molecular weight excluding hydrogens is 524 g/mol. The summed E-state index contributed by atoms with van der Waals surface area (Å²) >= 11 is 0. The van der Waals surface area contributed by atoms with Gasteiger partial charge in [-0.15, -0.1) is 12.8 Å². The van der Waals surface area contributed by atoms with Crippen LogP contribution in [0.15, 0.2) is 60.7 Å². The minimum atomic E-state index is -1.02. The van der Waals surface area contributed by atoms with E-state index in [0.29, 0.717) is 17.9 Å². The highest BCUT2D eigenvalue weighted by molar-refractivity contribution is 5.90. The van der Waals surface area contributed by atoms with Gasteiger partial charge in [0.25, 0.3) is 0 Å². The molecule has 3 aromatic rings. The van der Waals surface area contributed by atoms with Crippen molar-refractivity contribution in [2.45, 2.75) is 65.0 Å². The molecule has 3 rings (SSSR count). The third-order valence-corrected chi connectivity index (χ3v) is 6.63. The molecule has 6 heteroatoms. The standard InChI is InChI=1S/C36H40N2O4/c1-8-11-12-13-22-37-34(39)32(38-35(40)42-36(4,5)6)29-23-30(27-18-14-25(9-2)15-19-27)33(41-7)31(24-29)28-20-16-26(10-3)17-21-28/h2-3,14-21,23-24,32H,8,11-13,22H2,1,4-7H3,(H,37,39)(H,38,40). The third-order valence-electron chi connectivity index (χ3n) is 6.63. The van der Waals surface area contributed by atoms with E-state index in [0.717, 1.165) is 59.1 Å². The summed E-state index contributed by atoms with van der Waals surface area (Å²) in [4.78, 5) is 26.6. The molecule has 0 spiro atoms. The van der Waals surface area contributed by atoms with Crippen molar-refractivity contribution in [3.63, 3.8) is 0 Å².